The first-order valence-electron chi connectivity index (χ1n) is 5.39. The quantitative estimate of drug-likeness (QED) is 0.594. The lowest BCUT2D eigenvalue weighted by atomic mass is 10.1. The molecular formula is C14H23N. The summed E-state index contributed by atoms with van der Waals surface area (Å²) in [6.45, 7) is 12.0. The molecule has 0 aromatic rings. The molecule has 0 radical (unpaired) electrons. The first-order chi connectivity index (χ1) is 7.02. The predicted molar refractivity (Wildman–Crippen MR) is 69.8 cm³/mol. The third kappa shape index (κ3) is 5.26. The van der Waals surface area contributed by atoms with Gasteiger partial charge in [0.1, 0.15) is 0 Å². The number of allylic oxidation sites excluding steroid dienone is 5. The average Bonchev–Trinajstić information content (AvgIpc) is 2.13. The molecule has 0 aliphatic rings. The average molecular weight is 205 g/mol. The fraction of sp³-hybridized carbons (Fsp3) is 0.429. The van der Waals surface area contributed by atoms with Crippen LogP contribution in [0.4, 0.5) is 0 Å². The Labute approximate surface area is 94.5 Å². The molecule has 0 aliphatic carbocycles. The van der Waals surface area contributed by atoms with Crippen LogP contribution in [0, 0.1) is 0 Å². The van der Waals surface area contributed by atoms with Gasteiger partial charge in [-0.1, -0.05) is 44.2 Å². The lowest BCUT2D eigenvalue weighted by Gasteiger charge is -2.17. The van der Waals surface area contributed by atoms with Gasteiger partial charge < -0.3 is 4.90 Å². The molecule has 0 spiro atoms. The Kier molecular flexibility index (Phi) is 6.52. The highest BCUT2D eigenvalue weighted by atomic mass is 15.1. The minimum Gasteiger partial charge on any atom is -0.377 e. The fourth-order valence-corrected chi connectivity index (χ4v) is 1.52. The summed E-state index contributed by atoms with van der Waals surface area (Å²) in [5, 5.41) is 0. The van der Waals surface area contributed by atoms with Gasteiger partial charge in [-0.25, -0.2) is 0 Å². The Morgan fingerprint density at radius 3 is 2.33 bits per heavy atom. The van der Waals surface area contributed by atoms with Crippen molar-refractivity contribution in [1.82, 2.24) is 4.90 Å². The third-order valence-electron chi connectivity index (χ3n) is 2.15. The van der Waals surface area contributed by atoms with Crippen LogP contribution in [0.5, 0.6) is 0 Å². The van der Waals surface area contributed by atoms with Gasteiger partial charge in [0.15, 0.2) is 0 Å². The van der Waals surface area contributed by atoms with Crippen molar-refractivity contribution in [2.75, 3.05) is 14.1 Å². The van der Waals surface area contributed by atoms with Crippen LogP contribution in [0.15, 0.2) is 48.2 Å². The second-order valence-corrected chi connectivity index (χ2v) is 3.92. The molecular weight excluding hydrogens is 182 g/mol. The van der Waals surface area contributed by atoms with E-state index in [2.05, 4.69) is 38.0 Å². The third-order valence-corrected chi connectivity index (χ3v) is 2.15. The lowest BCUT2D eigenvalue weighted by Crippen LogP contribution is -2.11. The number of hydrogen-bond donors (Lipinski definition) is 0. The molecule has 0 bridgehead atoms. The maximum absolute atomic E-state index is 4.04. The van der Waals surface area contributed by atoms with Crippen molar-refractivity contribution in [2.24, 2.45) is 0 Å². The van der Waals surface area contributed by atoms with Gasteiger partial charge in [0.05, 0.1) is 0 Å². The second kappa shape index (κ2) is 7.10. The lowest BCUT2D eigenvalue weighted by molar-refractivity contribution is 0.521. The van der Waals surface area contributed by atoms with Gasteiger partial charge in [-0.05, 0) is 25.0 Å². The van der Waals surface area contributed by atoms with Crippen LogP contribution in [-0.4, -0.2) is 19.0 Å². The summed E-state index contributed by atoms with van der Waals surface area (Å²) in [6.07, 6.45) is 8.19. The second-order valence-electron chi connectivity index (χ2n) is 3.92. The van der Waals surface area contributed by atoms with Gasteiger partial charge in [-0.2, -0.15) is 0 Å². The highest BCUT2D eigenvalue weighted by molar-refractivity contribution is 5.35. The number of hydrogen-bond acceptors (Lipinski definition) is 1. The van der Waals surface area contributed by atoms with Crippen molar-refractivity contribution in [2.45, 2.75) is 26.7 Å². The van der Waals surface area contributed by atoms with E-state index in [1.807, 2.05) is 26.2 Å². The van der Waals surface area contributed by atoms with E-state index in [9.17, 15) is 0 Å². The van der Waals surface area contributed by atoms with E-state index >= 15 is 0 Å². The van der Waals surface area contributed by atoms with E-state index in [0.717, 1.165) is 12.8 Å². The van der Waals surface area contributed by atoms with E-state index in [-0.39, 0.29) is 0 Å². The summed E-state index contributed by atoms with van der Waals surface area (Å²) in [4.78, 5) is 2.09. The number of nitrogens with zero attached hydrogens (tertiary/aromatic N) is 1. The van der Waals surface area contributed by atoms with E-state index in [1.54, 1.807) is 0 Å². The SMILES string of the molecule is C=C/C=C(/C(C)=C/C(=C)CCC)N(C)C. The molecule has 0 atom stereocenters. The zero-order valence-electron chi connectivity index (χ0n) is 10.5. The molecule has 15 heavy (non-hydrogen) atoms. The van der Waals surface area contributed by atoms with Crippen LogP contribution in [-0.2, 0) is 0 Å². The molecule has 0 aliphatic heterocycles. The van der Waals surface area contributed by atoms with Crippen LogP contribution < -0.4 is 0 Å². The number of rotatable bonds is 6. The fourth-order valence-electron chi connectivity index (χ4n) is 1.52. The zero-order valence-corrected chi connectivity index (χ0v) is 10.5. The summed E-state index contributed by atoms with van der Waals surface area (Å²) in [5.41, 5.74) is 3.60. The van der Waals surface area contributed by atoms with Crippen molar-refractivity contribution in [3.8, 4) is 0 Å². The summed E-state index contributed by atoms with van der Waals surface area (Å²) >= 11 is 0. The molecule has 0 saturated heterocycles. The Morgan fingerprint density at radius 2 is 1.93 bits per heavy atom. The van der Waals surface area contributed by atoms with E-state index in [4.69, 9.17) is 0 Å². The highest BCUT2D eigenvalue weighted by Gasteiger charge is 2.01. The van der Waals surface area contributed by atoms with Crippen molar-refractivity contribution in [1.29, 1.82) is 0 Å². The van der Waals surface area contributed by atoms with Crippen LogP contribution in [0.1, 0.15) is 26.7 Å². The molecule has 0 unspecified atom stereocenters. The zero-order chi connectivity index (χ0) is 11.8. The molecule has 0 aromatic carbocycles. The van der Waals surface area contributed by atoms with Crippen LogP contribution in [0.25, 0.3) is 0 Å². The van der Waals surface area contributed by atoms with Crippen molar-refractivity contribution < 1.29 is 0 Å². The van der Waals surface area contributed by atoms with Gasteiger partial charge in [0, 0.05) is 19.8 Å². The first kappa shape index (κ1) is 13.8. The monoisotopic (exact) mass is 205 g/mol. The molecule has 0 amide bonds. The number of likely N-dealkylation sites (N-methyl/N-ethyl adjacent to an activating group) is 1. The molecule has 0 heterocycles. The van der Waals surface area contributed by atoms with Gasteiger partial charge in [0.2, 0.25) is 0 Å². The molecule has 1 heteroatoms. The summed E-state index contributed by atoms with van der Waals surface area (Å²) in [5.74, 6) is 0. The standard InChI is InChI=1S/C14H23N/c1-7-9-12(3)11-13(4)14(10-8-2)15(5)6/h8,10-11H,2-3,7,9H2,1,4-6H3/b13-11+,14-10-. The van der Waals surface area contributed by atoms with Crippen LogP contribution >= 0.6 is 0 Å². The molecule has 84 valence electrons. The van der Waals surface area contributed by atoms with Gasteiger partial charge >= 0.3 is 0 Å². The molecule has 0 fully saturated rings. The minimum absolute atomic E-state index is 1.06. The van der Waals surface area contributed by atoms with Crippen LogP contribution in [0.2, 0.25) is 0 Å². The summed E-state index contributed by atoms with van der Waals surface area (Å²) in [7, 11) is 4.07. The topological polar surface area (TPSA) is 3.24 Å². The summed E-state index contributed by atoms with van der Waals surface area (Å²) < 4.78 is 0. The van der Waals surface area contributed by atoms with Crippen molar-refractivity contribution in [3.63, 3.8) is 0 Å². The van der Waals surface area contributed by atoms with E-state index < -0.39 is 0 Å². The Morgan fingerprint density at radius 1 is 1.33 bits per heavy atom. The largest absolute Gasteiger partial charge is 0.377 e. The smallest absolute Gasteiger partial charge is 0.0390 e. The molecule has 0 aromatic heterocycles. The molecule has 0 N–H and O–H groups in total. The predicted octanol–water partition coefficient (Wildman–Crippen LogP) is 3.92. The normalized spacial score (nSPS) is 12.5. The van der Waals surface area contributed by atoms with E-state index in [1.165, 1.54) is 16.8 Å². The molecule has 0 rings (SSSR count). The van der Waals surface area contributed by atoms with Gasteiger partial charge in [0.25, 0.3) is 0 Å². The van der Waals surface area contributed by atoms with Crippen molar-refractivity contribution in [3.05, 3.63) is 48.2 Å². The summed E-state index contributed by atoms with van der Waals surface area (Å²) in [6, 6.07) is 0. The highest BCUT2D eigenvalue weighted by Crippen LogP contribution is 2.15. The Hall–Kier alpha value is -1.24. The molecule has 1 nitrogen and oxygen atoms in total. The Balaban J connectivity index is 4.78. The maximum Gasteiger partial charge on any atom is 0.0390 e. The maximum atomic E-state index is 4.04. The van der Waals surface area contributed by atoms with E-state index in [0.29, 0.717) is 0 Å². The minimum atomic E-state index is 1.06. The Bertz CT molecular complexity index is 280. The van der Waals surface area contributed by atoms with Crippen LogP contribution in [0.3, 0.4) is 0 Å². The molecule has 0 saturated carbocycles. The van der Waals surface area contributed by atoms with Crippen molar-refractivity contribution >= 4 is 0 Å². The van der Waals surface area contributed by atoms with Gasteiger partial charge in [-0.15, -0.1) is 0 Å². The first-order valence-corrected chi connectivity index (χ1v) is 5.39. The van der Waals surface area contributed by atoms with Gasteiger partial charge in [-0.3, -0.25) is 0 Å².